The van der Waals surface area contributed by atoms with Crippen LogP contribution in [0, 0.1) is 5.82 Å². The maximum absolute atomic E-state index is 14.3. The first-order chi connectivity index (χ1) is 15.9. The molecule has 172 valence electrons. The molecular weight excluding hydrogens is 453 g/mol. The lowest BCUT2D eigenvalue weighted by Crippen LogP contribution is -2.45. The van der Waals surface area contributed by atoms with Gasteiger partial charge in [-0.3, -0.25) is 4.79 Å². The number of hydrogen-bond acceptors (Lipinski definition) is 7. The molecule has 0 spiro atoms. The van der Waals surface area contributed by atoms with Crippen LogP contribution >= 0.6 is 11.6 Å². The van der Waals surface area contributed by atoms with Crippen LogP contribution in [0.15, 0.2) is 46.9 Å². The van der Waals surface area contributed by atoms with E-state index in [0.717, 1.165) is 25.9 Å². The van der Waals surface area contributed by atoms with E-state index in [1.54, 1.807) is 24.3 Å². The molecule has 0 bridgehead atoms. The first kappa shape index (κ1) is 22.6. The number of carbonyl (C=O) groups is 2. The number of primary amides is 1. The average molecular weight is 474 g/mol. The fourth-order valence-corrected chi connectivity index (χ4v) is 3.68. The number of amides is 2. The minimum absolute atomic E-state index is 0.0666. The number of nitrogens with one attached hydrogen (secondary N) is 3. The van der Waals surface area contributed by atoms with E-state index < -0.39 is 11.9 Å². The zero-order valence-electron chi connectivity index (χ0n) is 17.4. The highest BCUT2D eigenvalue weighted by Gasteiger charge is 2.23. The summed E-state index contributed by atoms with van der Waals surface area (Å²) in [5.41, 5.74) is 6.00. The zero-order valence-corrected chi connectivity index (χ0v) is 18.1. The number of nitrogens with two attached hydrogens (primary N) is 1. The molecule has 5 N–H and O–H groups in total. The third kappa shape index (κ3) is 5.41. The Morgan fingerprint density at radius 2 is 2.03 bits per heavy atom. The van der Waals surface area contributed by atoms with E-state index in [2.05, 4.69) is 20.9 Å². The van der Waals surface area contributed by atoms with Gasteiger partial charge in [-0.25, -0.2) is 9.18 Å². The predicted molar refractivity (Wildman–Crippen MR) is 120 cm³/mol. The Kier molecular flexibility index (Phi) is 6.76. The number of carbonyl (C=O) groups excluding carboxylic acids is 2. The van der Waals surface area contributed by atoms with Crippen LogP contribution in [0.25, 0.3) is 11.5 Å². The van der Waals surface area contributed by atoms with Crippen molar-refractivity contribution >= 4 is 35.2 Å². The van der Waals surface area contributed by atoms with Gasteiger partial charge in [-0.05, 0) is 55.8 Å². The van der Waals surface area contributed by atoms with E-state index in [0.29, 0.717) is 11.3 Å². The fourth-order valence-electron chi connectivity index (χ4n) is 3.44. The number of halogens is 2. The molecule has 3 aromatic rings. The number of ether oxygens (including phenoxy) is 1. The number of piperidine rings is 1. The molecule has 1 saturated heterocycles. The van der Waals surface area contributed by atoms with Gasteiger partial charge < -0.3 is 30.8 Å². The molecule has 1 aliphatic rings. The Bertz CT molecular complexity index is 1140. The summed E-state index contributed by atoms with van der Waals surface area (Å²) in [5.74, 6) is -1.42. The first-order valence-corrected chi connectivity index (χ1v) is 10.6. The number of anilines is 2. The molecule has 2 aromatic carbocycles. The maximum atomic E-state index is 14.3. The number of nitrogens with zero attached hydrogens (tertiary/aromatic N) is 1. The van der Waals surface area contributed by atoms with E-state index in [4.69, 9.17) is 26.5 Å². The minimum Gasteiger partial charge on any atom is -0.416 e. The SMILES string of the molecule is NC(=O)Oc1nc(-c2c(F)cccc2Cl)oc1Nc1ccc(C(=O)N[C@H]2CCCNC2)cc1. The highest BCUT2D eigenvalue weighted by atomic mass is 35.5. The molecule has 1 aliphatic heterocycles. The summed E-state index contributed by atoms with van der Waals surface area (Å²) in [5, 5.41) is 9.20. The number of oxazole rings is 1. The van der Waals surface area contributed by atoms with Crippen molar-refractivity contribution in [3.05, 3.63) is 58.9 Å². The van der Waals surface area contributed by atoms with Gasteiger partial charge in [-0.2, -0.15) is 4.98 Å². The van der Waals surface area contributed by atoms with Gasteiger partial charge >= 0.3 is 6.09 Å². The molecule has 0 aliphatic carbocycles. The number of aromatic nitrogens is 1. The monoisotopic (exact) mass is 473 g/mol. The summed E-state index contributed by atoms with van der Waals surface area (Å²) in [6.45, 7) is 1.70. The van der Waals surface area contributed by atoms with Gasteiger partial charge in [0.05, 0.1) is 10.6 Å². The summed E-state index contributed by atoms with van der Waals surface area (Å²) >= 11 is 6.07. The van der Waals surface area contributed by atoms with Crippen LogP contribution in [0.1, 0.15) is 23.2 Å². The lowest BCUT2D eigenvalue weighted by Gasteiger charge is -2.23. The molecule has 2 heterocycles. The molecule has 33 heavy (non-hydrogen) atoms. The van der Waals surface area contributed by atoms with Crippen molar-refractivity contribution in [1.82, 2.24) is 15.6 Å². The van der Waals surface area contributed by atoms with Crippen molar-refractivity contribution in [2.45, 2.75) is 18.9 Å². The largest absolute Gasteiger partial charge is 0.416 e. The zero-order chi connectivity index (χ0) is 23.4. The summed E-state index contributed by atoms with van der Waals surface area (Å²) in [6, 6.07) is 10.7. The Morgan fingerprint density at radius 3 is 2.70 bits per heavy atom. The number of hydrogen-bond donors (Lipinski definition) is 4. The minimum atomic E-state index is -1.12. The second-order valence-electron chi connectivity index (χ2n) is 7.39. The quantitative estimate of drug-likeness (QED) is 0.428. The van der Waals surface area contributed by atoms with Crippen molar-refractivity contribution in [3.8, 4) is 17.3 Å². The third-order valence-electron chi connectivity index (χ3n) is 5.01. The molecule has 0 saturated carbocycles. The van der Waals surface area contributed by atoms with Gasteiger partial charge in [-0.15, -0.1) is 0 Å². The number of benzene rings is 2. The van der Waals surface area contributed by atoms with Gasteiger partial charge in [0.1, 0.15) is 5.82 Å². The molecule has 4 rings (SSSR count). The lowest BCUT2D eigenvalue weighted by molar-refractivity contribution is 0.0930. The van der Waals surface area contributed by atoms with Gasteiger partial charge in [0, 0.05) is 23.8 Å². The predicted octanol–water partition coefficient (Wildman–Crippen LogP) is 3.82. The van der Waals surface area contributed by atoms with Crippen LogP contribution < -0.4 is 26.4 Å². The normalized spacial score (nSPS) is 15.6. The smallest absolute Gasteiger partial charge is 0.411 e. The highest BCUT2D eigenvalue weighted by Crippen LogP contribution is 2.37. The van der Waals surface area contributed by atoms with Gasteiger partial charge in [-0.1, -0.05) is 17.7 Å². The van der Waals surface area contributed by atoms with Crippen molar-refractivity contribution in [3.63, 3.8) is 0 Å². The second kappa shape index (κ2) is 9.88. The number of rotatable bonds is 6. The van der Waals surface area contributed by atoms with Gasteiger partial charge in [0.15, 0.2) is 0 Å². The summed E-state index contributed by atoms with van der Waals surface area (Å²) in [6.07, 6.45) is 0.823. The van der Waals surface area contributed by atoms with E-state index in [9.17, 15) is 14.0 Å². The lowest BCUT2D eigenvalue weighted by atomic mass is 10.1. The van der Waals surface area contributed by atoms with Gasteiger partial charge in [0.25, 0.3) is 17.7 Å². The highest BCUT2D eigenvalue weighted by molar-refractivity contribution is 6.33. The third-order valence-corrected chi connectivity index (χ3v) is 5.32. The Hall–Kier alpha value is -3.63. The standard InChI is InChI=1S/C22H21ClFN5O4/c23-15-4-1-5-16(24)17(15)19-29-21(33-22(25)31)20(32-19)28-13-8-6-12(7-9-13)18(30)27-14-3-2-10-26-11-14/h1,4-9,14,26,28H,2-3,10-11H2,(H2,25,31)(H,27,30)/t14-/m0/s1. The van der Waals surface area contributed by atoms with Crippen LogP contribution in [0.2, 0.25) is 5.02 Å². The Balaban J connectivity index is 1.53. The van der Waals surface area contributed by atoms with Gasteiger partial charge in [0.2, 0.25) is 5.89 Å². The maximum Gasteiger partial charge on any atom is 0.411 e. The van der Waals surface area contributed by atoms with Crippen LogP contribution in [-0.2, 0) is 0 Å². The second-order valence-corrected chi connectivity index (χ2v) is 7.80. The molecule has 1 aromatic heterocycles. The van der Waals surface area contributed by atoms with Crippen LogP contribution in [-0.4, -0.2) is 36.1 Å². The Morgan fingerprint density at radius 1 is 1.24 bits per heavy atom. The summed E-state index contributed by atoms with van der Waals surface area (Å²) in [4.78, 5) is 27.8. The molecule has 0 radical (unpaired) electrons. The molecule has 11 heteroatoms. The molecule has 0 unspecified atom stereocenters. The van der Waals surface area contributed by atoms with Crippen molar-refractivity contribution < 1.29 is 23.1 Å². The van der Waals surface area contributed by atoms with Crippen molar-refractivity contribution in [1.29, 1.82) is 0 Å². The van der Waals surface area contributed by atoms with Crippen molar-refractivity contribution in [2.24, 2.45) is 5.73 Å². The van der Waals surface area contributed by atoms with Crippen LogP contribution in [0.5, 0.6) is 5.88 Å². The molecular formula is C22H21ClFN5O4. The summed E-state index contributed by atoms with van der Waals surface area (Å²) < 4.78 is 24.7. The van der Waals surface area contributed by atoms with Crippen LogP contribution in [0.3, 0.4) is 0 Å². The van der Waals surface area contributed by atoms with Crippen LogP contribution in [0.4, 0.5) is 20.8 Å². The fraction of sp³-hybridized carbons (Fsp3) is 0.227. The van der Waals surface area contributed by atoms with E-state index in [1.807, 2.05) is 0 Å². The van der Waals surface area contributed by atoms with E-state index in [1.165, 1.54) is 18.2 Å². The molecule has 9 nitrogen and oxygen atoms in total. The average Bonchev–Trinajstić information content (AvgIpc) is 3.15. The summed E-state index contributed by atoms with van der Waals surface area (Å²) in [7, 11) is 0. The Labute approximate surface area is 193 Å². The topological polar surface area (TPSA) is 132 Å². The first-order valence-electron chi connectivity index (χ1n) is 10.2. The van der Waals surface area contributed by atoms with Crippen molar-refractivity contribution in [2.75, 3.05) is 18.4 Å². The van der Waals surface area contributed by atoms with E-state index >= 15 is 0 Å². The van der Waals surface area contributed by atoms with E-state index in [-0.39, 0.29) is 40.2 Å². The molecule has 1 atom stereocenters. The molecule has 1 fully saturated rings. The molecule has 2 amide bonds.